The topological polar surface area (TPSA) is 58.2 Å². The van der Waals surface area contributed by atoms with E-state index in [4.69, 9.17) is 0 Å². The normalized spacial score (nSPS) is 10.1. The van der Waals surface area contributed by atoms with Crippen LogP contribution in [0.4, 0.5) is 4.39 Å². The van der Waals surface area contributed by atoms with E-state index in [1.54, 1.807) is 12.1 Å². The molecule has 114 valence electrons. The first kappa shape index (κ1) is 15.7. The molecule has 0 aromatic heterocycles. The van der Waals surface area contributed by atoms with Gasteiger partial charge in [-0.1, -0.05) is 24.3 Å². The van der Waals surface area contributed by atoms with E-state index in [-0.39, 0.29) is 24.1 Å². The van der Waals surface area contributed by atoms with E-state index in [0.29, 0.717) is 11.1 Å². The molecule has 0 aliphatic carbocycles. The smallest absolute Gasteiger partial charge is 0.269 e. The van der Waals surface area contributed by atoms with Crippen molar-refractivity contribution in [3.63, 3.8) is 0 Å². The van der Waals surface area contributed by atoms with Crippen LogP contribution >= 0.6 is 0 Å². The van der Waals surface area contributed by atoms with Gasteiger partial charge in [0.25, 0.3) is 5.91 Å². The van der Waals surface area contributed by atoms with Crippen molar-refractivity contribution in [2.75, 3.05) is 0 Å². The van der Waals surface area contributed by atoms with Gasteiger partial charge in [0.2, 0.25) is 5.91 Å². The summed E-state index contributed by atoms with van der Waals surface area (Å²) in [6.45, 7) is 3.77. The third-order valence-electron chi connectivity index (χ3n) is 3.44. The molecule has 4 nitrogen and oxygen atoms in total. The molecule has 0 unspecified atom stereocenters. The number of rotatable bonds is 3. The zero-order valence-electron chi connectivity index (χ0n) is 12.4. The van der Waals surface area contributed by atoms with Crippen LogP contribution < -0.4 is 10.9 Å². The molecule has 0 aliphatic heterocycles. The van der Waals surface area contributed by atoms with E-state index in [2.05, 4.69) is 10.9 Å². The van der Waals surface area contributed by atoms with E-state index < -0.39 is 0 Å². The van der Waals surface area contributed by atoms with Gasteiger partial charge in [-0.3, -0.25) is 20.4 Å². The second kappa shape index (κ2) is 6.85. The number of amides is 2. The molecule has 5 heteroatoms. The summed E-state index contributed by atoms with van der Waals surface area (Å²) >= 11 is 0. The van der Waals surface area contributed by atoms with Crippen LogP contribution in [0, 0.1) is 19.7 Å². The van der Waals surface area contributed by atoms with Gasteiger partial charge in [-0.15, -0.1) is 0 Å². The van der Waals surface area contributed by atoms with Gasteiger partial charge in [0, 0.05) is 5.56 Å². The summed E-state index contributed by atoms with van der Waals surface area (Å²) in [5.41, 5.74) is 7.80. The van der Waals surface area contributed by atoms with Gasteiger partial charge < -0.3 is 0 Å². The van der Waals surface area contributed by atoms with Gasteiger partial charge in [0.05, 0.1) is 6.42 Å². The minimum Gasteiger partial charge on any atom is -0.273 e. The maximum Gasteiger partial charge on any atom is 0.269 e. The van der Waals surface area contributed by atoms with E-state index in [9.17, 15) is 14.0 Å². The van der Waals surface area contributed by atoms with Crippen molar-refractivity contribution in [1.29, 1.82) is 0 Å². The lowest BCUT2D eigenvalue weighted by Crippen LogP contribution is -2.42. The predicted molar refractivity (Wildman–Crippen MR) is 81.6 cm³/mol. The largest absolute Gasteiger partial charge is 0.273 e. The highest BCUT2D eigenvalue weighted by Crippen LogP contribution is 2.12. The maximum absolute atomic E-state index is 12.8. The summed E-state index contributed by atoms with van der Waals surface area (Å²) < 4.78 is 12.8. The van der Waals surface area contributed by atoms with Gasteiger partial charge in [-0.25, -0.2) is 4.39 Å². The monoisotopic (exact) mass is 300 g/mol. The Balaban J connectivity index is 1.92. The number of halogens is 1. The minimum absolute atomic E-state index is 0.0629. The average Bonchev–Trinajstić information content (AvgIpc) is 2.50. The molecule has 0 radical (unpaired) electrons. The van der Waals surface area contributed by atoms with Gasteiger partial charge in [0.15, 0.2) is 0 Å². The van der Waals surface area contributed by atoms with Crippen LogP contribution in [0.5, 0.6) is 0 Å². The predicted octanol–water partition coefficient (Wildman–Crippen LogP) is 2.45. The Morgan fingerprint density at radius 2 is 1.68 bits per heavy atom. The van der Waals surface area contributed by atoms with E-state index >= 15 is 0 Å². The van der Waals surface area contributed by atoms with Crippen molar-refractivity contribution in [2.24, 2.45) is 0 Å². The fraction of sp³-hybridized carbons (Fsp3) is 0.176. The summed E-state index contributed by atoms with van der Waals surface area (Å²) in [6.07, 6.45) is 0.0629. The van der Waals surface area contributed by atoms with Gasteiger partial charge >= 0.3 is 0 Å². The molecule has 2 amide bonds. The highest BCUT2D eigenvalue weighted by atomic mass is 19.1. The number of hydrogen-bond donors (Lipinski definition) is 2. The molecule has 0 aliphatic rings. The first-order valence-corrected chi connectivity index (χ1v) is 6.87. The van der Waals surface area contributed by atoms with Crippen molar-refractivity contribution in [2.45, 2.75) is 20.3 Å². The van der Waals surface area contributed by atoms with E-state index in [0.717, 1.165) is 11.1 Å². The van der Waals surface area contributed by atoms with Crippen LogP contribution in [0.2, 0.25) is 0 Å². The maximum atomic E-state index is 12.8. The molecule has 2 aromatic carbocycles. The zero-order valence-corrected chi connectivity index (χ0v) is 12.4. The fourth-order valence-electron chi connectivity index (χ4n) is 2.02. The average molecular weight is 300 g/mol. The first-order valence-electron chi connectivity index (χ1n) is 6.87. The molecule has 22 heavy (non-hydrogen) atoms. The van der Waals surface area contributed by atoms with Crippen molar-refractivity contribution >= 4 is 11.8 Å². The van der Waals surface area contributed by atoms with Gasteiger partial charge in [-0.05, 0) is 48.7 Å². The highest BCUT2D eigenvalue weighted by Gasteiger charge is 2.11. The van der Waals surface area contributed by atoms with Crippen molar-refractivity contribution in [3.05, 3.63) is 70.5 Å². The van der Waals surface area contributed by atoms with Crippen LogP contribution in [0.3, 0.4) is 0 Å². The summed E-state index contributed by atoms with van der Waals surface area (Å²) in [7, 11) is 0. The van der Waals surface area contributed by atoms with Gasteiger partial charge in [-0.2, -0.15) is 0 Å². The van der Waals surface area contributed by atoms with Crippen molar-refractivity contribution in [3.8, 4) is 0 Å². The number of carbonyl (C=O) groups excluding carboxylic acids is 2. The Bertz CT molecular complexity index is 696. The molecular formula is C17H17FN2O2. The molecule has 0 saturated carbocycles. The van der Waals surface area contributed by atoms with Crippen LogP contribution in [-0.2, 0) is 11.2 Å². The third-order valence-corrected chi connectivity index (χ3v) is 3.44. The summed E-state index contributed by atoms with van der Waals surface area (Å²) in [6, 6.07) is 11.0. The summed E-state index contributed by atoms with van der Waals surface area (Å²) in [4.78, 5) is 23.8. The SMILES string of the molecule is Cc1cccc(C(=O)NNC(=O)Cc2ccc(F)cc2)c1C. The summed E-state index contributed by atoms with van der Waals surface area (Å²) in [5.74, 6) is -1.09. The number of aryl methyl sites for hydroxylation is 1. The summed E-state index contributed by atoms with van der Waals surface area (Å²) in [5, 5.41) is 0. The third kappa shape index (κ3) is 3.91. The lowest BCUT2D eigenvalue weighted by atomic mass is 10.0. The van der Waals surface area contributed by atoms with Crippen LogP contribution in [0.25, 0.3) is 0 Å². The molecule has 0 fully saturated rings. The number of nitrogens with one attached hydrogen (secondary N) is 2. The quantitative estimate of drug-likeness (QED) is 0.855. The first-order chi connectivity index (χ1) is 10.5. The number of carbonyl (C=O) groups is 2. The minimum atomic E-state index is -0.370. The molecule has 2 N–H and O–H groups in total. The molecular weight excluding hydrogens is 283 g/mol. The zero-order chi connectivity index (χ0) is 16.1. The van der Waals surface area contributed by atoms with Crippen molar-refractivity contribution < 1.29 is 14.0 Å². The highest BCUT2D eigenvalue weighted by molar-refractivity contribution is 5.97. The Hall–Kier alpha value is -2.69. The molecule has 2 aromatic rings. The second-order valence-corrected chi connectivity index (χ2v) is 5.05. The lowest BCUT2D eigenvalue weighted by Gasteiger charge is -2.10. The molecule has 0 bridgehead atoms. The van der Waals surface area contributed by atoms with Crippen LogP contribution in [0.15, 0.2) is 42.5 Å². The van der Waals surface area contributed by atoms with E-state index in [1.165, 1.54) is 24.3 Å². The Morgan fingerprint density at radius 1 is 1.00 bits per heavy atom. The number of benzene rings is 2. The Kier molecular flexibility index (Phi) is 4.88. The standard InChI is InChI=1S/C17H17FN2O2/c1-11-4-3-5-15(12(11)2)17(22)20-19-16(21)10-13-6-8-14(18)9-7-13/h3-9H,10H2,1-2H3,(H,19,21)(H,20,22). The molecule has 0 heterocycles. The lowest BCUT2D eigenvalue weighted by molar-refractivity contribution is -0.121. The number of hydrazine groups is 1. The second-order valence-electron chi connectivity index (χ2n) is 5.05. The fourth-order valence-corrected chi connectivity index (χ4v) is 2.02. The van der Waals surface area contributed by atoms with Crippen LogP contribution in [0.1, 0.15) is 27.0 Å². The molecule has 2 rings (SSSR count). The van der Waals surface area contributed by atoms with Gasteiger partial charge in [0.1, 0.15) is 5.82 Å². The molecule has 0 spiro atoms. The van der Waals surface area contributed by atoms with Crippen LogP contribution in [-0.4, -0.2) is 11.8 Å². The Morgan fingerprint density at radius 3 is 2.36 bits per heavy atom. The molecule has 0 saturated heterocycles. The Labute approximate surface area is 128 Å². The van der Waals surface area contributed by atoms with E-state index in [1.807, 2.05) is 19.9 Å². The van der Waals surface area contributed by atoms with Crippen molar-refractivity contribution in [1.82, 2.24) is 10.9 Å². The number of hydrogen-bond acceptors (Lipinski definition) is 2. The molecule has 0 atom stereocenters.